The van der Waals surface area contributed by atoms with Crippen molar-refractivity contribution in [2.24, 2.45) is 0 Å². The van der Waals surface area contributed by atoms with Crippen molar-refractivity contribution in [2.45, 2.75) is 17.7 Å². The Morgan fingerprint density at radius 1 is 0.957 bits per heavy atom. The largest absolute Gasteiger partial charge is 0.487 e. The molecule has 2 aromatic carbocycles. The molecule has 0 radical (unpaired) electrons. The Morgan fingerprint density at radius 3 is 2.17 bits per heavy atom. The Morgan fingerprint density at radius 2 is 1.57 bits per heavy atom. The molecule has 2 aromatic rings. The van der Waals surface area contributed by atoms with Crippen molar-refractivity contribution in [3.8, 4) is 5.75 Å². The molecule has 0 heterocycles. The lowest BCUT2D eigenvalue weighted by Gasteiger charge is -2.17. The molecule has 0 amide bonds. The van der Waals surface area contributed by atoms with Gasteiger partial charge in [0.25, 0.3) is 10.1 Å². The van der Waals surface area contributed by atoms with Gasteiger partial charge in [0, 0.05) is 0 Å². The fraction of sp³-hybridized carbons (Fsp3) is 0.250. The zero-order chi connectivity index (χ0) is 16.9. The van der Waals surface area contributed by atoms with Gasteiger partial charge < -0.3 is 4.74 Å². The van der Waals surface area contributed by atoms with E-state index in [4.69, 9.17) is 4.74 Å². The average Bonchev–Trinajstić information content (AvgIpc) is 2.53. The predicted octanol–water partition coefficient (Wildman–Crippen LogP) is 3.41. The Labute approximate surface area is 133 Å². The van der Waals surface area contributed by atoms with Crippen LogP contribution in [0.25, 0.3) is 0 Å². The van der Waals surface area contributed by atoms with Gasteiger partial charge in [-0.25, -0.2) is 8.78 Å². The van der Waals surface area contributed by atoms with Crippen molar-refractivity contribution in [3.63, 3.8) is 0 Å². The highest BCUT2D eigenvalue weighted by molar-refractivity contribution is 7.86. The minimum Gasteiger partial charge on any atom is -0.487 e. The number of hydrogen-bond acceptors (Lipinski definition) is 4. The van der Waals surface area contributed by atoms with Crippen LogP contribution >= 0.6 is 0 Å². The van der Waals surface area contributed by atoms with Crippen LogP contribution in [0.5, 0.6) is 5.75 Å². The lowest BCUT2D eigenvalue weighted by atomic mass is 10.2. The molecular formula is C16H16F2O4S. The second kappa shape index (κ2) is 7.06. The van der Waals surface area contributed by atoms with Gasteiger partial charge in [-0.05, 0) is 31.2 Å². The molecule has 0 aliphatic rings. The van der Waals surface area contributed by atoms with Crippen LogP contribution in [0, 0.1) is 6.92 Å². The zero-order valence-electron chi connectivity index (χ0n) is 12.4. The second-order valence-corrected chi connectivity index (χ2v) is 6.60. The van der Waals surface area contributed by atoms with Crippen molar-refractivity contribution in [1.29, 1.82) is 0 Å². The predicted molar refractivity (Wildman–Crippen MR) is 81.2 cm³/mol. The van der Waals surface area contributed by atoms with E-state index in [1.165, 1.54) is 24.3 Å². The molecule has 0 saturated carbocycles. The summed E-state index contributed by atoms with van der Waals surface area (Å²) in [5.41, 5.74) is 0.852. The van der Waals surface area contributed by atoms with E-state index in [1.54, 1.807) is 37.3 Å². The molecule has 0 aliphatic carbocycles. The molecule has 23 heavy (non-hydrogen) atoms. The van der Waals surface area contributed by atoms with Crippen LogP contribution < -0.4 is 4.74 Å². The standard InChI is InChI=1S/C16H16F2O4S/c1-13-7-9-15(10-8-13)23(19,20)22-12-16(17,18)11-21-14-5-3-2-4-6-14/h2-10H,11-12H2,1H3. The van der Waals surface area contributed by atoms with Crippen LogP contribution in [0.2, 0.25) is 0 Å². The monoisotopic (exact) mass is 342 g/mol. The number of alkyl halides is 2. The van der Waals surface area contributed by atoms with Crippen LogP contribution in [-0.4, -0.2) is 27.6 Å². The number of para-hydroxylation sites is 1. The minimum absolute atomic E-state index is 0.164. The van der Waals surface area contributed by atoms with Crippen molar-refractivity contribution in [2.75, 3.05) is 13.2 Å². The molecule has 0 atom stereocenters. The Bertz CT molecular complexity index is 728. The van der Waals surface area contributed by atoms with Gasteiger partial charge in [0.2, 0.25) is 0 Å². The van der Waals surface area contributed by atoms with E-state index in [1.807, 2.05) is 0 Å². The third kappa shape index (κ3) is 5.30. The zero-order valence-corrected chi connectivity index (χ0v) is 13.2. The lowest BCUT2D eigenvalue weighted by molar-refractivity contribution is -0.0715. The Hall–Kier alpha value is -1.99. The smallest absolute Gasteiger partial charge is 0.305 e. The number of aryl methyl sites for hydroxylation is 1. The first-order valence-electron chi connectivity index (χ1n) is 6.80. The van der Waals surface area contributed by atoms with Gasteiger partial charge in [-0.3, -0.25) is 4.18 Å². The van der Waals surface area contributed by atoms with Crippen molar-refractivity contribution in [3.05, 3.63) is 60.2 Å². The maximum atomic E-state index is 13.7. The molecule has 2 rings (SSSR count). The van der Waals surface area contributed by atoms with E-state index in [-0.39, 0.29) is 10.6 Å². The quantitative estimate of drug-likeness (QED) is 0.724. The lowest BCUT2D eigenvalue weighted by Crippen LogP contribution is -2.32. The molecule has 124 valence electrons. The van der Waals surface area contributed by atoms with Gasteiger partial charge in [0.1, 0.15) is 12.4 Å². The van der Waals surface area contributed by atoms with Crippen LogP contribution in [-0.2, 0) is 14.3 Å². The molecule has 0 spiro atoms. The molecule has 0 fully saturated rings. The van der Waals surface area contributed by atoms with Crippen molar-refractivity contribution in [1.82, 2.24) is 0 Å². The van der Waals surface area contributed by atoms with Crippen LogP contribution in [0.1, 0.15) is 5.56 Å². The summed E-state index contributed by atoms with van der Waals surface area (Å²) in [5.74, 6) is -3.17. The molecule has 0 unspecified atom stereocenters. The molecule has 0 aliphatic heterocycles. The summed E-state index contributed by atoms with van der Waals surface area (Å²) < 4.78 is 60.5. The topological polar surface area (TPSA) is 52.6 Å². The highest BCUT2D eigenvalue weighted by Gasteiger charge is 2.33. The summed E-state index contributed by atoms with van der Waals surface area (Å²) >= 11 is 0. The SMILES string of the molecule is Cc1ccc(S(=O)(=O)OCC(F)(F)COc2ccccc2)cc1. The third-order valence-electron chi connectivity index (χ3n) is 2.93. The summed E-state index contributed by atoms with van der Waals surface area (Å²) in [6.45, 7) is -0.469. The molecular weight excluding hydrogens is 326 g/mol. The molecule has 4 nitrogen and oxygen atoms in total. The number of rotatable bonds is 7. The van der Waals surface area contributed by atoms with Gasteiger partial charge in [0.15, 0.2) is 6.61 Å². The van der Waals surface area contributed by atoms with E-state index in [2.05, 4.69) is 4.18 Å². The van der Waals surface area contributed by atoms with Gasteiger partial charge >= 0.3 is 5.92 Å². The first-order chi connectivity index (χ1) is 10.8. The Balaban J connectivity index is 1.93. The molecule has 0 aromatic heterocycles. The maximum absolute atomic E-state index is 13.7. The summed E-state index contributed by atoms with van der Waals surface area (Å²) in [5, 5.41) is 0. The van der Waals surface area contributed by atoms with Crippen molar-refractivity contribution < 1.29 is 26.1 Å². The first kappa shape index (κ1) is 17.4. The van der Waals surface area contributed by atoms with Gasteiger partial charge in [-0.15, -0.1) is 0 Å². The van der Waals surface area contributed by atoms with Crippen molar-refractivity contribution >= 4 is 10.1 Å². The highest BCUT2D eigenvalue weighted by Crippen LogP contribution is 2.21. The average molecular weight is 342 g/mol. The third-order valence-corrected chi connectivity index (χ3v) is 4.21. The maximum Gasteiger partial charge on any atom is 0.305 e. The second-order valence-electron chi connectivity index (χ2n) is 4.99. The number of ether oxygens (including phenoxy) is 1. The molecule has 0 N–H and O–H groups in total. The number of benzene rings is 2. The van der Waals surface area contributed by atoms with E-state index >= 15 is 0 Å². The molecule has 7 heteroatoms. The van der Waals surface area contributed by atoms with Gasteiger partial charge in [-0.1, -0.05) is 35.9 Å². The van der Waals surface area contributed by atoms with E-state index < -0.39 is 29.3 Å². The van der Waals surface area contributed by atoms with E-state index in [0.29, 0.717) is 0 Å². The minimum atomic E-state index is -4.23. The van der Waals surface area contributed by atoms with E-state index in [9.17, 15) is 17.2 Å². The van der Waals surface area contributed by atoms with Gasteiger partial charge in [-0.2, -0.15) is 8.42 Å². The molecule has 0 bridgehead atoms. The van der Waals surface area contributed by atoms with Crippen LogP contribution in [0.3, 0.4) is 0 Å². The first-order valence-corrected chi connectivity index (χ1v) is 8.21. The van der Waals surface area contributed by atoms with Gasteiger partial charge in [0.05, 0.1) is 4.90 Å². The van der Waals surface area contributed by atoms with E-state index in [0.717, 1.165) is 5.56 Å². The summed E-state index contributed by atoms with van der Waals surface area (Å²) in [6.07, 6.45) is 0. The number of hydrogen-bond donors (Lipinski definition) is 0. The number of halogens is 2. The summed E-state index contributed by atoms with van der Waals surface area (Å²) in [7, 11) is -4.23. The fourth-order valence-corrected chi connectivity index (χ4v) is 2.62. The summed E-state index contributed by atoms with van der Waals surface area (Å²) in [4.78, 5) is -0.164. The van der Waals surface area contributed by atoms with Crippen LogP contribution in [0.4, 0.5) is 8.78 Å². The normalized spacial score (nSPS) is 12.1. The highest BCUT2D eigenvalue weighted by atomic mass is 32.2. The van der Waals surface area contributed by atoms with Crippen LogP contribution in [0.15, 0.2) is 59.5 Å². The summed E-state index contributed by atoms with van der Waals surface area (Å²) in [6, 6.07) is 13.8. The Kier molecular flexibility index (Phi) is 5.33. The fourth-order valence-electron chi connectivity index (χ4n) is 1.68. The molecule has 0 saturated heterocycles.